The highest BCUT2D eigenvalue weighted by Gasteiger charge is 2.29. The summed E-state index contributed by atoms with van der Waals surface area (Å²) in [6, 6.07) is 12.4. The van der Waals surface area contributed by atoms with E-state index in [-0.39, 0.29) is 17.7 Å². The highest BCUT2D eigenvalue weighted by atomic mass is 16.6. The van der Waals surface area contributed by atoms with Crippen LogP contribution in [0.25, 0.3) is 0 Å². The maximum atomic E-state index is 11.4. The Labute approximate surface area is 151 Å². The molecule has 0 radical (unpaired) electrons. The first kappa shape index (κ1) is 17.8. The molecular formula is C20H20N2O4. The number of ether oxygens (including phenoxy) is 1. The Hall–Kier alpha value is -3.02. The van der Waals surface area contributed by atoms with E-state index in [2.05, 4.69) is 18.8 Å². The fourth-order valence-corrected chi connectivity index (χ4v) is 3.36. The summed E-state index contributed by atoms with van der Waals surface area (Å²) in [5.74, 6) is -0.422. The van der Waals surface area contributed by atoms with E-state index in [1.165, 1.54) is 6.07 Å². The molecule has 6 nitrogen and oxygen atoms in total. The average molecular weight is 352 g/mol. The zero-order valence-electron chi connectivity index (χ0n) is 14.7. The fraction of sp³-hybridized carbons (Fsp3) is 0.300. The largest absolute Gasteiger partial charge is 0.467 e. The quantitative estimate of drug-likeness (QED) is 0.441. The third-order valence-corrected chi connectivity index (χ3v) is 4.82. The maximum absolute atomic E-state index is 11.4. The third kappa shape index (κ3) is 3.35. The topological polar surface area (TPSA) is 81.8 Å². The number of aliphatic imine (C=N–C) groups is 1. The maximum Gasteiger partial charge on any atom is 0.293 e. The standard InChI is InChI=1S/C20H20N2O4/c1-20(2)9-10-21-18-8-7-14(11-17(18)20)16(12-26-13-23)15-5-3-4-6-19(15)22(24)25/h3-8,10-11,13,16H,9,12H2,1-2H3. The molecule has 2 aromatic rings. The lowest BCUT2D eigenvalue weighted by Gasteiger charge is -2.29. The van der Waals surface area contributed by atoms with Crippen molar-refractivity contribution in [1.29, 1.82) is 0 Å². The van der Waals surface area contributed by atoms with Crippen LogP contribution in [0.3, 0.4) is 0 Å². The summed E-state index contributed by atoms with van der Waals surface area (Å²) in [6.07, 6.45) is 2.74. The molecule has 1 aliphatic rings. The van der Waals surface area contributed by atoms with Gasteiger partial charge in [-0.15, -0.1) is 0 Å². The van der Waals surface area contributed by atoms with Crippen molar-refractivity contribution in [1.82, 2.24) is 0 Å². The lowest BCUT2D eigenvalue weighted by molar-refractivity contribution is -0.385. The summed E-state index contributed by atoms with van der Waals surface area (Å²) in [6.45, 7) is 4.69. The van der Waals surface area contributed by atoms with E-state index in [4.69, 9.17) is 4.74 Å². The predicted octanol–water partition coefficient (Wildman–Crippen LogP) is 4.28. The van der Waals surface area contributed by atoms with Gasteiger partial charge in [-0.25, -0.2) is 0 Å². The van der Waals surface area contributed by atoms with Gasteiger partial charge >= 0.3 is 0 Å². The zero-order chi connectivity index (χ0) is 18.7. The summed E-state index contributed by atoms with van der Waals surface area (Å²) in [4.78, 5) is 26.2. The molecule has 0 spiro atoms. The van der Waals surface area contributed by atoms with Crippen molar-refractivity contribution in [2.45, 2.75) is 31.6 Å². The number of carbonyl (C=O) groups excluding carboxylic acids is 1. The van der Waals surface area contributed by atoms with Crippen LogP contribution in [0.1, 0.15) is 42.9 Å². The van der Waals surface area contributed by atoms with Crippen LogP contribution in [-0.2, 0) is 14.9 Å². The molecule has 0 N–H and O–H groups in total. The van der Waals surface area contributed by atoms with Gasteiger partial charge < -0.3 is 4.74 Å². The van der Waals surface area contributed by atoms with Gasteiger partial charge in [0.05, 0.1) is 16.5 Å². The predicted molar refractivity (Wildman–Crippen MR) is 99.2 cm³/mol. The van der Waals surface area contributed by atoms with Gasteiger partial charge in [0.15, 0.2) is 0 Å². The van der Waals surface area contributed by atoms with Crippen LogP contribution in [0.15, 0.2) is 47.5 Å². The highest BCUT2D eigenvalue weighted by Crippen LogP contribution is 2.40. The molecule has 1 aliphatic heterocycles. The lowest BCUT2D eigenvalue weighted by atomic mass is 9.77. The molecule has 0 aromatic heterocycles. The molecule has 6 heteroatoms. The number of para-hydroxylation sites is 1. The van der Waals surface area contributed by atoms with Crippen molar-refractivity contribution in [2.75, 3.05) is 6.61 Å². The second-order valence-corrected chi connectivity index (χ2v) is 6.97. The number of benzene rings is 2. The molecular weight excluding hydrogens is 332 g/mol. The monoisotopic (exact) mass is 352 g/mol. The minimum Gasteiger partial charge on any atom is -0.467 e. The van der Waals surface area contributed by atoms with E-state index in [1.807, 2.05) is 24.4 Å². The first-order valence-electron chi connectivity index (χ1n) is 8.39. The van der Waals surface area contributed by atoms with Crippen LogP contribution in [0, 0.1) is 10.1 Å². The van der Waals surface area contributed by atoms with Crippen LogP contribution in [0.4, 0.5) is 11.4 Å². The van der Waals surface area contributed by atoms with Gasteiger partial charge in [0.2, 0.25) is 0 Å². The molecule has 3 rings (SSSR count). The Kier molecular flexibility index (Phi) is 4.84. The summed E-state index contributed by atoms with van der Waals surface area (Å²) in [5, 5.41) is 11.4. The number of nitro benzene ring substituents is 1. The molecule has 0 saturated heterocycles. The number of rotatable bonds is 6. The molecule has 0 saturated carbocycles. The second-order valence-electron chi connectivity index (χ2n) is 6.97. The van der Waals surface area contributed by atoms with Crippen molar-refractivity contribution in [3.63, 3.8) is 0 Å². The van der Waals surface area contributed by atoms with Crippen LogP contribution < -0.4 is 0 Å². The van der Waals surface area contributed by atoms with Gasteiger partial charge in [0.1, 0.15) is 6.61 Å². The van der Waals surface area contributed by atoms with Gasteiger partial charge in [-0.1, -0.05) is 44.2 Å². The number of carbonyl (C=O) groups is 1. The Morgan fingerprint density at radius 3 is 2.81 bits per heavy atom. The van der Waals surface area contributed by atoms with Gasteiger partial charge in [-0.05, 0) is 29.0 Å². The van der Waals surface area contributed by atoms with E-state index in [0.29, 0.717) is 12.0 Å². The van der Waals surface area contributed by atoms with E-state index >= 15 is 0 Å². The number of nitrogens with zero attached hydrogens (tertiary/aromatic N) is 2. The molecule has 1 unspecified atom stereocenters. The molecule has 0 aliphatic carbocycles. The van der Waals surface area contributed by atoms with E-state index < -0.39 is 10.8 Å². The number of nitro groups is 1. The van der Waals surface area contributed by atoms with E-state index in [0.717, 1.165) is 23.2 Å². The van der Waals surface area contributed by atoms with Crippen molar-refractivity contribution < 1.29 is 14.5 Å². The average Bonchev–Trinajstić information content (AvgIpc) is 2.62. The van der Waals surface area contributed by atoms with Crippen molar-refractivity contribution >= 4 is 24.1 Å². The Balaban J connectivity index is 2.12. The molecule has 0 amide bonds. The van der Waals surface area contributed by atoms with Crippen molar-refractivity contribution in [3.8, 4) is 0 Å². The van der Waals surface area contributed by atoms with Gasteiger partial charge in [0, 0.05) is 17.8 Å². The summed E-state index contributed by atoms with van der Waals surface area (Å²) in [7, 11) is 0. The van der Waals surface area contributed by atoms with Crippen LogP contribution in [-0.4, -0.2) is 24.2 Å². The lowest BCUT2D eigenvalue weighted by Crippen LogP contribution is -2.21. The van der Waals surface area contributed by atoms with Crippen molar-refractivity contribution in [3.05, 3.63) is 69.3 Å². The minimum atomic E-state index is -0.422. The second kappa shape index (κ2) is 7.07. The molecule has 1 heterocycles. The normalized spacial score (nSPS) is 15.8. The van der Waals surface area contributed by atoms with E-state index in [1.54, 1.807) is 18.2 Å². The highest BCUT2D eigenvalue weighted by molar-refractivity contribution is 5.72. The number of hydrogen-bond donors (Lipinski definition) is 0. The minimum absolute atomic E-state index is 0.0157. The Morgan fingerprint density at radius 1 is 1.31 bits per heavy atom. The van der Waals surface area contributed by atoms with Crippen LogP contribution in [0.5, 0.6) is 0 Å². The van der Waals surface area contributed by atoms with Crippen LogP contribution >= 0.6 is 0 Å². The van der Waals surface area contributed by atoms with Crippen molar-refractivity contribution in [2.24, 2.45) is 4.99 Å². The van der Waals surface area contributed by atoms with Gasteiger partial charge in [0.25, 0.3) is 12.2 Å². The van der Waals surface area contributed by atoms with Gasteiger partial charge in [-0.3, -0.25) is 19.9 Å². The Bertz CT molecular complexity index is 874. The fourth-order valence-electron chi connectivity index (χ4n) is 3.36. The SMILES string of the molecule is CC1(C)CC=Nc2ccc(C(COC=O)c3ccccc3[N+](=O)[O-])cc21. The molecule has 2 aromatic carbocycles. The van der Waals surface area contributed by atoms with Crippen LogP contribution in [0.2, 0.25) is 0 Å². The summed E-state index contributed by atoms with van der Waals surface area (Å²) in [5.41, 5.74) is 3.32. The summed E-state index contributed by atoms with van der Waals surface area (Å²) >= 11 is 0. The van der Waals surface area contributed by atoms with E-state index in [9.17, 15) is 14.9 Å². The molecule has 0 fully saturated rings. The molecule has 0 bridgehead atoms. The number of hydrogen-bond acceptors (Lipinski definition) is 5. The molecule has 26 heavy (non-hydrogen) atoms. The summed E-state index contributed by atoms with van der Waals surface area (Å²) < 4.78 is 5.00. The smallest absolute Gasteiger partial charge is 0.293 e. The number of fused-ring (bicyclic) bond motifs is 1. The van der Waals surface area contributed by atoms with Gasteiger partial charge in [-0.2, -0.15) is 0 Å². The third-order valence-electron chi connectivity index (χ3n) is 4.82. The Morgan fingerprint density at radius 2 is 2.08 bits per heavy atom. The first-order valence-corrected chi connectivity index (χ1v) is 8.39. The zero-order valence-corrected chi connectivity index (χ0v) is 14.7. The molecule has 134 valence electrons. The first-order chi connectivity index (χ1) is 12.4. The molecule has 1 atom stereocenters.